The summed E-state index contributed by atoms with van der Waals surface area (Å²) >= 11 is 0. The maximum absolute atomic E-state index is 12.3. The van der Waals surface area contributed by atoms with Gasteiger partial charge < -0.3 is 9.88 Å². The summed E-state index contributed by atoms with van der Waals surface area (Å²) in [6, 6.07) is 13.5. The predicted octanol–water partition coefficient (Wildman–Crippen LogP) is 2.67. The Hall–Kier alpha value is -2.58. The molecule has 2 heterocycles. The number of rotatable bonds is 4. The minimum Gasteiger partial charge on any atom is -0.353 e. The van der Waals surface area contributed by atoms with Crippen LogP contribution in [0.25, 0.3) is 0 Å². The van der Waals surface area contributed by atoms with E-state index in [2.05, 4.69) is 26.9 Å². The zero-order chi connectivity index (χ0) is 16.2. The van der Waals surface area contributed by atoms with Crippen LogP contribution in [0.2, 0.25) is 0 Å². The van der Waals surface area contributed by atoms with Crippen LogP contribution in [0.3, 0.4) is 0 Å². The molecule has 1 aliphatic rings. The Morgan fingerprint density at radius 3 is 2.78 bits per heavy atom. The molecule has 1 amide bonds. The number of nitrogens with one attached hydrogen (secondary N) is 1. The normalized spacial score (nSPS) is 17.8. The fraction of sp³-hybridized carbons (Fsp3) is 0.333. The molecule has 1 aromatic heterocycles. The number of nitriles is 1. The SMILES string of the molecule is Cn1cccc1[C@@H]1CCCN1CC(=O)Nc1ccc(C#N)cc1. The second kappa shape index (κ2) is 6.67. The Kier molecular flexibility index (Phi) is 4.45. The quantitative estimate of drug-likeness (QED) is 0.944. The average Bonchev–Trinajstić information content (AvgIpc) is 3.16. The van der Waals surface area contributed by atoms with Crippen molar-refractivity contribution in [3.8, 4) is 6.07 Å². The van der Waals surface area contributed by atoms with Crippen LogP contribution in [0.1, 0.15) is 30.1 Å². The summed E-state index contributed by atoms with van der Waals surface area (Å²) in [5.41, 5.74) is 2.57. The topological polar surface area (TPSA) is 61.1 Å². The van der Waals surface area contributed by atoms with Crippen LogP contribution in [0.15, 0.2) is 42.6 Å². The van der Waals surface area contributed by atoms with E-state index in [1.807, 2.05) is 19.3 Å². The Morgan fingerprint density at radius 2 is 2.13 bits per heavy atom. The molecule has 0 spiro atoms. The zero-order valence-electron chi connectivity index (χ0n) is 13.2. The van der Waals surface area contributed by atoms with Gasteiger partial charge in [0.25, 0.3) is 0 Å². The van der Waals surface area contributed by atoms with E-state index in [9.17, 15) is 4.79 Å². The Labute approximate surface area is 136 Å². The molecular weight excluding hydrogens is 288 g/mol. The highest BCUT2D eigenvalue weighted by molar-refractivity contribution is 5.92. The largest absolute Gasteiger partial charge is 0.353 e. The third kappa shape index (κ3) is 3.43. The molecule has 0 radical (unpaired) electrons. The molecule has 1 fully saturated rings. The lowest BCUT2D eigenvalue weighted by Crippen LogP contribution is -2.33. The number of likely N-dealkylation sites (tertiary alicyclic amines) is 1. The minimum absolute atomic E-state index is 0.0178. The summed E-state index contributed by atoms with van der Waals surface area (Å²) < 4.78 is 2.13. The van der Waals surface area contributed by atoms with Crippen molar-refractivity contribution in [1.29, 1.82) is 5.26 Å². The number of hydrogen-bond donors (Lipinski definition) is 1. The smallest absolute Gasteiger partial charge is 0.238 e. The van der Waals surface area contributed by atoms with Gasteiger partial charge >= 0.3 is 0 Å². The maximum atomic E-state index is 12.3. The summed E-state index contributed by atoms with van der Waals surface area (Å²) in [6.45, 7) is 1.33. The van der Waals surface area contributed by atoms with E-state index >= 15 is 0 Å². The monoisotopic (exact) mass is 308 g/mol. The van der Waals surface area contributed by atoms with Crippen molar-refractivity contribution in [2.75, 3.05) is 18.4 Å². The number of anilines is 1. The van der Waals surface area contributed by atoms with Crippen LogP contribution in [0, 0.1) is 11.3 Å². The fourth-order valence-electron chi connectivity index (χ4n) is 3.18. The first-order chi connectivity index (χ1) is 11.2. The van der Waals surface area contributed by atoms with Crippen LogP contribution in [0.5, 0.6) is 0 Å². The van der Waals surface area contributed by atoms with Gasteiger partial charge in [0.15, 0.2) is 0 Å². The van der Waals surface area contributed by atoms with Crippen molar-refractivity contribution in [2.24, 2.45) is 7.05 Å². The molecule has 1 atom stereocenters. The molecule has 1 aromatic carbocycles. The highest BCUT2D eigenvalue weighted by atomic mass is 16.2. The molecule has 2 aromatic rings. The minimum atomic E-state index is -0.0178. The average molecular weight is 308 g/mol. The Bertz CT molecular complexity index is 726. The van der Waals surface area contributed by atoms with E-state index in [1.165, 1.54) is 5.69 Å². The Morgan fingerprint density at radius 1 is 1.35 bits per heavy atom. The van der Waals surface area contributed by atoms with Gasteiger partial charge in [-0.2, -0.15) is 5.26 Å². The number of carbonyl (C=O) groups is 1. The molecule has 1 N–H and O–H groups in total. The van der Waals surface area contributed by atoms with Crippen molar-refractivity contribution < 1.29 is 4.79 Å². The molecular formula is C18H20N4O. The number of benzene rings is 1. The van der Waals surface area contributed by atoms with Gasteiger partial charge in [0.1, 0.15) is 0 Å². The second-order valence-electron chi connectivity index (χ2n) is 5.91. The van der Waals surface area contributed by atoms with Crippen LogP contribution >= 0.6 is 0 Å². The zero-order valence-corrected chi connectivity index (χ0v) is 13.2. The molecule has 5 nitrogen and oxygen atoms in total. The Balaban J connectivity index is 1.62. The number of carbonyl (C=O) groups excluding carboxylic acids is 1. The molecule has 3 rings (SSSR count). The first kappa shape index (κ1) is 15.3. The highest BCUT2D eigenvalue weighted by Gasteiger charge is 2.28. The van der Waals surface area contributed by atoms with Gasteiger partial charge in [0.05, 0.1) is 24.2 Å². The van der Waals surface area contributed by atoms with Crippen molar-refractivity contribution in [1.82, 2.24) is 9.47 Å². The maximum Gasteiger partial charge on any atom is 0.238 e. The number of aryl methyl sites for hydroxylation is 1. The predicted molar refractivity (Wildman–Crippen MR) is 88.7 cm³/mol. The molecule has 23 heavy (non-hydrogen) atoms. The van der Waals surface area contributed by atoms with Gasteiger partial charge in [0, 0.05) is 24.6 Å². The number of amides is 1. The highest BCUT2D eigenvalue weighted by Crippen LogP contribution is 2.31. The van der Waals surface area contributed by atoms with Crippen LogP contribution in [-0.2, 0) is 11.8 Å². The summed E-state index contributed by atoms with van der Waals surface area (Å²) in [5, 5.41) is 11.7. The lowest BCUT2D eigenvalue weighted by atomic mass is 10.1. The third-order valence-corrected chi connectivity index (χ3v) is 4.33. The van der Waals surface area contributed by atoms with Crippen molar-refractivity contribution in [2.45, 2.75) is 18.9 Å². The molecule has 0 bridgehead atoms. The van der Waals surface area contributed by atoms with Gasteiger partial charge in [-0.1, -0.05) is 0 Å². The molecule has 1 aliphatic heterocycles. The summed E-state index contributed by atoms with van der Waals surface area (Å²) in [7, 11) is 2.04. The fourth-order valence-corrected chi connectivity index (χ4v) is 3.18. The van der Waals surface area contributed by atoms with Crippen molar-refractivity contribution in [3.63, 3.8) is 0 Å². The summed E-state index contributed by atoms with van der Waals surface area (Å²) in [4.78, 5) is 14.5. The third-order valence-electron chi connectivity index (χ3n) is 4.33. The number of hydrogen-bond acceptors (Lipinski definition) is 3. The van der Waals surface area contributed by atoms with Gasteiger partial charge in [-0.05, 0) is 55.8 Å². The molecule has 118 valence electrons. The van der Waals surface area contributed by atoms with E-state index in [0.29, 0.717) is 18.2 Å². The van der Waals surface area contributed by atoms with Crippen LogP contribution < -0.4 is 5.32 Å². The second-order valence-corrected chi connectivity index (χ2v) is 5.91. The van der Waals surface area contributed by atoms with Gasteiger partial charge in [-0.15, -0.1) is 0 Å². The van der Waals surface area contributed by atoms with Crippen molar-refractivity contribution in [3.05, 3.63) is 53.9 Å². The van der Waals surface area contributed by atoms with E-state index in [0.717, 1.165) is 25.1 Å². The van der Waals surface area contributed by atoms with Crippen LogP contribution in [0.4, 0.5) is 5.69 Å². The lowest BCUT2D eigenvalue weighted by molar-refractivity contribution is -0.117. The number of aromatic nitrogens is 1. The first-order valence-electron chi connectivity index (χ1n) is 7.82. The van der Waals surface area contributed by atoms with Crippen LogP contribution in [-0.4, -0.2) is 28.5 Å². The molecule has 1 saturated heterocycles. The first-order valence-corrected chi connectivity index (χ1v) is 7.82. The standard InChI is InChI=1S/C18H20N4O/c1-21-10-2-4-16(21)17-5-3-11-22(17)13-18(23)20-15-8-6-14(12-19)7-9-15/h2,4,6-10,17H,3,5,11,13H2,1H3,(H,20,23)/t17-/m0/s1. The molecule has 0 saturated carbocycles. The van der Waals surface area contributed by atoms with E-state index < -0.39 is 0 Å². The van der Waals surface area contributed by atoms with Gasteiger partial charge in [-0.25, -0.2) is 0 Å². The number of nitrogens with zero attached hydrogens (tertiary/aromatic N) is 3. The molecule has 5 heteroatoms. The van der Waals surface area contributed by atoms with Crippen molar-refractivity contribution >= 4 is 11.6 Å². The summed E-state index contributed by atoms with van der Waals surface area (Å²) in [6.07, 6.45) is 4.24. The lowest BCUT2D eigenvalue weighted by Gasteiger charge is -2.24. The van der Waals surface area contributed by atoms with E-state index in [-0.39, 0.29) is 5.91 Å². The van der Waals surface area contributed by atoms with Gasteiger partial charge in [0.2, 0.25) is 5.91 Å². The molecule has 0 unspecified atom stereocenters. The molecule has 0 aliphatic carbocycles. The summed E-state index contributed by atoms with van der Waals surface area (Å²) in [5.74, 6) is -0.0178. The van der Waals surface area contributed by atoms with Gasteiger partial charge in [-0.3, -0.25) is 9.69 Å². The van der Waals surface area contributed by atoms with E-state index in [1.54, 1.807) is 24.3 Å². The van der Waals surface area contributed by atoms with E-state index in [4.69, 9.17) is 5.26 Å².